The van der Waals surface area contributed by atoms with Crippen LogP contribution in [0.25, 0.3) is 0 Å². The minimum Gasteiger partial charge on any atom is -0.492 e. The normalized spacial score (nSPS) is 9.94. The summed E-state index contributed by atoms with van der Waals surface area (Å²) in [6.45, 7) is 0. The molecule has 0 spiro atoms. The minimum atomic E-state index is -0.245. The summed E-state index contributed by atoms with van der Waals surface area (Å²) in [5.41, 5.74) is 0.354. The molecule has 0 N–H and O–H groups in total. The number of halogens is 2. The van der Waals surface area contributed by atoms with Gasteiger partial charge in [0.25, 0.3) is 0 Å². The van der Waals surface area contributed by atoms with E-state index >= 15 is 0 Å². The van der Waals surface area contributed by atoms with Crippen LogP contribution >= 0.6 is 27.5 Å². The van der Waals surface area contributed by atoms with Crippen molar-refractivity contribution in [3.05, 3.63) is 16.1 Å². The second-order valence-electron chi connectivity index (χ2n) is 3.06. The molecule has 17 heavy (non-hydrogen) atoms. The van der Waals surface area contributed by atoms with Crippen molar-refractivity contribution in [1.82, 2.24) is 0 Å². The molecule has 0 atom stereocenters. The van der Waals surface area contributed by atoms with Crippen LogP contribution in [0.15, 0.2) is 10.5 Å². The number of Topliss-reactive ketones (excluding diaryl/α,β-unsaturated/α-hetero) is 1. The highest BCUT2D eigenvalue weighted by atomic mass is 79.9. The number of carbonyl (C=O) groups excluding carboxylic acids is 1. The van der Waals surface area contributed by atoms with Crippen molar-refractivity contribution in [3.8, 4) is 17.2 Å². The summed E-state index contributed by atoms with van der Waals surface area (Å²) in [5.74, 6) is 0.773. The summed E-state index contributed by atoms with van der Waals surface area (Å²) >= 11 is 8.85. The lowest BCUT2D eigenvalue weighted by Crippen LogP contribution is -2.06. The van der Waals surface area contributed by atoms with Gasteiger partial charge in [-0.15, -0.1) is 11.6 Å². The van der Waals surface area contributed by atoms with Crippen molar-refractivity contribution in [2.45, 2.75) is 0 Å². The van der Waals surface area contributed by atoms with E-state index in [1.54, 1.807) is 6.07 Å². The predicted octanol–water partition coefficient (Wildman–Crippen LogP) is 2.90. The van der Waals surface area contributed by atoms with Crippen LogP contribution in [0.2, 0.25) is 0 Å². The Hall–Kier alpha value is -0.940. The number of ketones is 1. The maximum absolute atomic E-state index is 11.7. The fraction of sp³-hybridized carbons (Fsp3) is 0.364. The van der Waals surface area contributed by atoms with Gasteiger partial charge in [0.05, 0.1) is 37.2 Å². The molecule has 94 valence electrons. The lowest BCUT2D eigenvalue weighted by molar-refractivity contribution is 0.101. The van der Waals surface area contributed by atoms with Gasteiger partial charge in [-0.05, 0) is 22.0 Å². The van der Waals surface area contributed by atoms with Crippen LogP contribution in [-0.4, -0.2) is 33.0 Å². The van der Waals surface area contributed by atoms with Gasteiger partial charge >= 0.3 is 0 Å². The van der Waals surface area contributed by atoms with E-state index in [1.165, 1.54) is 21.3 Å². The van der Waals surface area contributed by atoms with Crippen LogP contribution in [0, 0.1) is 0 Å². The zero-order valence-electron chi connectivity index (χ0n) is 9.67. The van der Waals surface area contributed by atoms with Crippen LogP contribution in [0.1, 0.15) is 10.4 Å². The average molecular weight is 324 g/mol. The Labute approximate surface area is 113 Å². The SMILES string of the molecule is COc1c(Br)cc(C(=O)CCl)c(OC)c1OC. The van der Waals surface area contributed by atoms with Gasteiger partial charge in [-0.2, -0.15) is 0 Å². The molecule has 0 saturated heterocycles. The number of ether oxygens (including phenoxy) is 3. The van der Waals surface area contributed by atoms with E-state index in [1.807, 2.05) is 0 Å². The Kier molecular flexibility index (Phi) is 5.08. The van der Waals surface area contributed by atoms with Crippen LogP contribution < -0.4 is 14.2 Å². The highest BCUT2D eigenvalue weighted by molar-refractivity contribution is 9.10. The predicted molar refractivity (Wildman–Crippen MR) is 68.8 cm³/mol. The van der Waals surface area contributed by atoms with Gasteiger partial charge in [-0.3, -0.25) is 4.79 Å². The third-order valence-corrected chi connectivity index (χ3v) is 3.01. The van der Waals surface area contributed by atoms with Gasteiger partial charge in [0.2, 0.25) is 5.75 Å². The topological polar surface area (TPSA) is 44.8 Å². The number of alkyl halides is 1. The fourth-order valence-electron chi connectivity index (χ4n) is 1.45. The first-order chi connectivity index (χ1) is 8.10. The highest BCUT2D eigenvalue weighted by Gasteiger charge is 2.22. The van der Waals surface area contributed by atoms with Crippen molar-refractivity contribution >= 4 is 33.3 Å². The van der Waals surface area contributed by atoms with Crippen molar-refractivity contribution in [3.63, 3.8) is 0 Å². The second kappa shape index (κ2) is 6.12. The molecule has 0 bridgehead atoms. The molecule has 0 radical (unpaired) electrons. The van der Waals surface area contributed by atoms with Crippen LogP contribution in [-0.2, 0) is 0 Å². The monoisotopic (exact) mass is 322 g/mol. The number of hydrogen-bond donors (Lipinski definition) is 0. The van der Waals surface area contributed by atoms with Crippen molar-refractivity contribution in [2.75, 3.05) is 27.2 Å². The van der Waals surface area contributed by atoms with Gasteiger partial charge in [0.15, 0.2) is 17.3 Å². The fourth-order valence-corrected chi connectivity index (χ4v) is 2.16. The number of carbonyl (C=O) groups is 1. The molecule has 0 aliphatic rings. The summed E-state index contributed by atoms with van der Waals surface area (Å²) in [6.07, 6.45) is 0. The molecule has 4 nitrogen and oxygen atoms in total. The summed E-state index contributed by atoms with van der Waals surface area (Å²) in [5, 5.41) is 0. The van der Waals surface area contributed by atoms with Crippen molar-refractivity contribution in [2.24, 2.45) is 0 Å². The Morgan fingerprint density at radius 2 is 1.71 bits per heavy atom. The summed E-state index contributed by atoms with van der Waals surface area (Å²) in [6, 6.07) is 1.60. The van der Waals surface area contributed by atoms with E-state index in [4.69, 9.17) is 25.8 Å². The number of hydrogen-bond acceptors (Lipinski definition) is 4. The number of benzene rings is 1. The third-order valence-electron chi connectivity index (χ3n) is 2.18. The lowest BCUT2D eigenvalue weighted by Gasteiger charge is -2.16. The van der Waals surface area contributed by atoms with E-state index in [0.717, 1.165) is 0 Å². The molecule has 0 heterocycles. The van der Waals surface area contributed by atoms with E-state index in [0.29, 0.717) is 27.3 Å². The Morgan fingerprint density at radius 1 is 1.18 bits per heavy atom. The van der Waals surface area contributed by atoms with Gasteiger partial charge < -0.3 is 14.2 Å². The maximum atomic E-state index is 11.7. The summed E-state index contributed by atoms with van der Waals surface area (Å²) in [4.78, 5) is 11.7. The van der Waals surface area contributed by atoms with E-state index in [9.17, 15) is 4.79 Å². The van der Waals surface area contributed by atoms with Gasteiger partial charge in [0, 0.05) is 0 Å². The average Bonchev–Trinajstić information content (AvgIpc) is 2.36. The lowest BCUT2D eigenvalue weighted by atomic mass is 10.1. The van der Waals surface area contributed by atoms with E-state index in [2.05, 4.69) is 15.9 Å². The molecular formula is C11H12BrClO4. The molecular weight excluding hydrogens is 311 g/mol. The number of rotatable bonds is 5. The molecule has 0 aliphatic heterocycles. The first-order valence-electron chi connectivity index (χ1n) is 4.68. The minimum absolute atomic E-state index is 0.127. The molecule has 1 aromatic rings. The maximum Gasteiger partial charge on any atom is 0.205 e. The molecule has 1 aromatic carbocycles. The smallest absolute Gasteiger partial charge is 0.205 e. The van der Waals surface area contributed by atoms with E-state index in [-0.39, 0.29) is 11.7 Å². The highest BCUT2D eigenvalue weighted by Crippen LogP contribution is 2.45. The van der Waals surface area contributed by atoms with Crippen LogP contribution in [0.5, 0.6) is 17.2 Å². The standard InChI is InChI=1S/C11H12BrClO4/c1-15-9-6(8(14)5-13)4-7(12)10(16-2)11(9)17-3/h4H,5H2,1-3H3. The van der Waals surface area contributed by atoms with Crippen LogP contribution in [0.3, 0.4) is 0 Å². The summed E-state index contributed by atoms with van der Waals surface area (Å²) in [7, 11) is 4.43. The van der Waals surface area contributed by atoms with Crippen LogP contribution in [0.4, 0.5) is 0 Å². The Balaban J connectivity index is 3.53. The zero-order chi connectivity index (χ0) is 13.0. The quantitative estimate of drug-likeness (QED) is 0.617. The van der Waals surface area contributed by atoms with Crippen molar-refractivity contribution in [1.29, 1.82) is 0 Å². The first-order valence-corrected chi connectivity index (χ1v) is 6.01. The van der Waals surface area contributed by atoms with Gasteiger partial charge in [-0.25, -0.2) is 0 Å². The molecule has 0 aliphatic carbocycles. The number of methoxy groups -OCH3 is 3. The largest absolute Gasteiger partial charge is 0.492 e. The zero-order valence-corrected chi connectivity index (χ0v) is 12.0. The third kappa shape index (κ3) is 2.66. The first kappa shape index (κ1) is 14.1. The van der Waals surface area contributed by atoms with Gasteiger partial charge in [-0.1, -0.05) is 0 Å². The Morgan fingerprint density at radius 3 is 2.12 bits per heavy atom. The second-order valence-corrected chi connectivity index (χ2v) is 4.18. The molecule has 0 amide bonds. The molecule has 1 rings (SSSR count). The molecule has 0 fully saturated rings. The Bertz CT molecular complexity index is 434. The molecule has 0 aromatic heterocycles. The molecule has 6 heteroatoms. The van der Waals surface area contributed by atoms with E-state index < -0.39 is 0 Å². The van der Waals surface area contributed by atoms with Gasteiger partial charge in [0.1, 0.15) is 0 Å². The molecule has 0 unspecified atom stereocenters. The molecule has 0 saturated carbocycles. The van der Waals surface area contributed by atoms with Crippen molar-refractivity contribution < 1.29 is 19.0 Å². The summed E-state index contributed by atoms with van der Waals surface area (Å²) < 4.78 is 16.2.